The third-order valence-electron chi connectivity index (χ3n) is 2.53. The van der Waals surface area contributed by atoms with Gasteiger partial charge in [-0.25, -0.2) is 4.79 Å². The molecule has 0 fully saturated rings. The second-order valence-corrected chi connectivity index (χ2v) is 4.08. The van der Waals surface area contributed by atoms with Crippen LogP contribution in [-0.2, 0) is 4.79 Å². The average Bonchev–Trinajstić information content (AvgIpc) is 2.38. The molecule has 5 nitrogen and oxygen atoms in total. The number of carbonyl (C=O) groups excluding carboxylic acids is 1. The first kappa shape index (κ1) is 14.8. The first-order chi connectivity index (χ1) is 8.95. The number of nitrogens with one attached hydrogen (secondary N) is 1. The Morgan fingerprint density at radius 1 is 1.53 bits per heavy atom. The number of hydrogen-bond acceptors (Lipinski definition) is 3. The second kappa shape index (κ2) is 6.58. The monoisotopic (exact) mass is 263 g/mol. The molecule has 2 N–H and O–H groups in total. The summed E-state index contributed by atoms with van der Waals surface area (Å²) in [5, 5.41) is 11.5. The van der Waals surface area contributed by atoms with E-state index in [0.717, 1.165) is 5.56 Å². The van der Waals surface area contributed by atoms with E-state index in [2.05, 4.69) is 11.9 Å². The standard InChI is InChI=1S/C14H17NO4/c1-4-7-15-13(16)10(3)19-12-8-11(14(17)18)6-5-9(12)2/h4-6,8,10H,1,7H2,2-3H3,(H,15,16)(H,17,18). The van der Waals surface area contributed by atoms with Crippen LogP contribution < -0.4 is 10.1 Å². The van der Waals surface area contributed by atoms with E-state index in [1.54, 1.807) is 26.0 Å². The van der Waals surface area contributed by atoms with Crippen LogP contribution >= 0.6 is 0 Å². The summed E-state index contributed by atoms with van der Waals surface area (Å²) < 4.78 is 5.49. The molecule has 0 saturated heterocycles. The van der Waals surface area contributed by atoms with Gasteiger partial charge in [0.15, 0.2) is 6.10 Å². The number of carboxylic acid groups (broad SMARTS) is 1. The van der Waals surface area contributed by atoms with Gasteiger partial charge in [0.2, 0.25) is 0 Å². The van der Waals surface area contributed by atoms with Crippen LogP contribution in [0.25, 0.3) is 0 Å². The first-order valence-electron chi connectivity index (χ1n) is 5.85. The predicted molar refractivity (Wildman–Crippen MR) is 71.4 cm³/mol. The quantitative estimate of drug-likeness (QED) is 0.767. The molecule has 0 aromatic heterocycles. The van der Waals surface area contributed by atoms with Crippen LogP contribution in [0.15, 0.2) is 30.9 Å². The van der Waals surface area contributed by atoms with Gasteiger partial charge in [-0.2, -0.15) is 0 Å². The highest BCUT2D eigenvalue weighted by Gasteiger charge is 2.16. The van der Waals surface area contributed by atoms with Crippen LogP contribution in [0.2, 0.25) is 0 Å². The lowest BCUT2D eigenvalue weighted by molar-refractivity contribution is -0.127. The van der Waals surface area contributed by atoms with E-state index in [1.165, 1.54) is 12.1 Å². The molecule has 0 aliphatic rings. The summed E-state index contributed by atoms with van der Waals surface area (Å²) in [6.45, 7) is 7.25. The molecular weight excluding hydrogens is 246 g/mol. The summed E-state index contributed by atoms with van der Waals surface area (Å²) >= 11 is 0. The zero-order valence-electron chi connectivity index (χ0n) is 11.0. The fourth-order valence-corrected chi connectivity index (χ4v) is 1.42. The molecule has 102 valence electrons. The molecule has 5 heteroatoms. The highest BCUT2D eigenvalue weighted by molar-refractivity contribution is 5.88. The lowest BCUT2D eigenvalue weighted by atomic mass is 10.1. The van der Waals surface area contributed by atoms with Gasteiger partial charge >= 0.3 is 5.97 Å². The van der Waals surface area contributed by atoms with E-state index in [0.29, 0.717) is 12.3 Å². The highest BCUT2D eigenvalue weighted by atomic mass is 16.5. The molecule has 0 radical (unpaired) electrons. The summed E-state index contributed by atoms with van der Waals surface area (Å²) in [6, 6.07) is 4.55. The number of aryl methyl sites for hydroxylation is 1. The van der Waals surface area contributed by atoms with Gasteiger partial charge in [-0.05, 0) is 31.5 Å². The topological polar surface area (TPSA) is 75.6 Å². The number of aromatic carboxylic acids is 1. The van der Waals surface area contributed by atoms with Crippen LogP contribution in [0, 0.1) is 6.92 Å². The molecule has 0 aliphatic carbocycles. The van der Waals surface area contributed by atoms with Gasteiger partial charge in [-0.1, -0.05) is 12.1 Å². The number of carbonyl (C=O) groups is 2. The molecular formula is C14H17NO4. The summed E-state index contributed by atoms with van der Waals surface area (Å²) in [6.07, 6.45) is 0.865. The molecule has 1 atom stereocenters. The van der Waals surface area contributed by atoms with Crippen molar-refractivity contribution in [2.75, 3.05) is 6.54 Å². The normalized spacial score (nSPS) is 11.5. The lowest BCUT2D eigenvalue weighted by Crippen LogP contribution is -2.36. The van der Waals surface area contributed by atoms with Gasteiger partial charge in [0, 0.05) is 6.54 Å². The summed E-state index contributed by atoms with van der Waals surface area (Å²) in [7, 11) is 0. The summed E-state index contributed by atoms with van der Waals surface area (Å²) in [4.78, 5) is 22.5. The predicted octanol–water partition coefficient (Wildman–Crippen LogP) is 1.76. The average molecular weight is 263 g/mol. The third kappa shape index (κ3) is 4.13. The maximum Gasteiger partial charge on any atom is 0.335 e. The number of ether oxygens (including phenoxy) is 1. The summed E-state index contributed by atoms with van der Waals surface area (Å²) in [5.74, 6) is -0.921. The molecule has 1 aromatic rings. The van der Waals surface area contributed by atoms with Gasteiger partial charge in [-0.15, -0.1) is 6.58 Å². The van der Waals surface area contributed by atoms with Crippen molar-refractivity contribution in [1.29, 1.82) is 0 Å². The third-order valence-corrected chi connectivity index (χ3v) is 2.53. The molecule has 0 spiro atoms. The largest absolute Gasteiger partial charge is 0.481 e. The minimum Gasteiger partial charge on any atom is -0.481 e. The van der Waals surface area contributed by atoms with Gasteiger partial charge in [-0.3, -0.25) is 4.79 Å². The van der Waals surface area contributed by atoms with Crippen molar-refractivity contribution < 1.29 is 19.4 Å². The second-order valence-electron chi connectivity index (χ2n) is 4.08. The fraction of sp³-hybridized carbons (Fsp3) is 0.286. The number of hydrogen-bond donors (Lipinski definition) is 2. The van der Waals surface area contributed by atoms with E-state index in [1.807, 2.05) is 0 Å². The number of benzene rings is 1. The molecule has 0 bridgehead atoms. The SMILES string of the molecule is C=CCNC(=O)C(C)Oc1cc(C(=O)O)ccc1C. The van der Waals surface area contributed by atoms with E-state index in [-0.39, 0.29) is 11.5 Å². The number of amides is 1. The molecule has 1 rings (SSSR count). The Balaban J connectivity index is 2.80. The minimum absolute atomic E-state index is 0.124. The Kier molecular flexibility index (Phi) is 5.11. The van der Waals surface area contributed by atoms with Crippen LogP contribution in [-0.4, -0.2) is 29.6 Å². The van der Waals surface area contributed by atoms with Crippen LogP contribution in [0.3, 0.4) is 0 Å². The zero-order chi connectivity index (χ0) is 14.4. The van der Waals surface area contributed by atoms with E-state index in [9.17, 15) is 9.59 Å². The van der Waals surface area contributed by atoms with Crippen molar-refractivity contribution >= 4 is 11.9 Å². The maximum atomic E-state index is 11.6. The van der Waals surface area contributed by atoms with Gasteiger partial charge in [0.1, 0.15) is 5.75 Å². The molecule has 1 unspecified atom stereocenters. The maximum absolute atomic E-state index is 11.6. The van der Waals surface area contributed by atoms with Crippen molar-refractivity contribution in [3.05, 3.63) is 42.0 Å². The van der Waals surface area contributed by atoms with E-state index in [4.69, 9.17) is 9.84 Å². The van der Waals surface area contributed by atoms with Crippen molar-refractivity contribution in [3.8, 4) is 5.75 Å². The Morgan fingerprint density at radius 2 is 2.21 bits per heavy atom. The van der Waals surface area contributed by atoms with Crippen LogP contribution in [0.5, 0.6) is 5.75 Å². The highest BCUT2D eigenvalue weighted by Crippen LogP contribution is 2.21. The van der Waals surface area contributed by atoms with Crippen molar-refractivity contribution in [3.63, 3.8) is 0 Å². The van der Waals surface area contributed by atoms with Gasteiger partial charge in [0.05, 0.1) is 5.56 Å². The first-order valence-corrected chi connectivity index (χ1v) is 5.85. The lowest BCUT2D eigenvalue weighted by Gasteiger charge is -2.16. The molecule has 0 saturated carbocycles. The van der Waals surface area contributed by atoms with Crippen molar-refractivity contribution in [2.45, 2.75) is 20.0 Å². The van der Waals surface area contributed by atoms with E-state index < -0.39 is 12.1 Å². The molecule has 1 aromatic carbocycles. The fourth-order valence-electron chi connectivity index (χ4n) is 1.42. The zero-order valence-corrected chi connectivity index (χ0v) is 11.0. The van der Waals surface area contributed by atoms with E-state index >= 15 is 0 Å². The molecule has 0 aliphatic heterocycles. The smallest absolute Gasteiger partial charge is 0.335 e. The molecule has 0 heterocycles. The van der Waals surface area contributed by atoms with Crippen molar-refractivity contribution in [1.82, 2.24) is 5.32 Å². The van der Waals surface area contributed by atoms with Crippen LogP contribution in [0.1, 0.15) is 22.8 Å². The summed E-state index contributed by atoms with van der Waals surface area (Å²) in [5.41, 5.74) is 0.896. The van der Waals surface area contributed by atoms with Crippen molar-refractivity contribution in [2.24, 2.45) is 0 Å². The Morgan fingerprint density at radius 3 is 2.79 bits per heavy atom. The molecule has 19 heavy (non-hydrogen) atoms. The van der Waals surface area contributed by atoms with Gasteiger partial charge in [0.25, 0.3) is 5.91 Å². The molecule has 1 amide bonds. The Labute approximate surface area is 111 Å². The minimum atomic E-state index is -1.03. The number of rotatable bonds is 6. The van der Waals surface area contributed by atoms with Crippen LogP contribution in [0.4, 0.5) is 0 Å². The Bertz CT molecular complexity index is 496. The van der Waals surface area contributed by atoms with Gasteiger partial charge < -0.3 is 15.2 Å². The number of carboxylic acids is 1. The Hall–Kier alpha value is -2.30.